The van der Waals surface area contributed by atoms with E-state index in [9.17, 15) is 9.59 Å². The number of ketones is 1. The third-order valence-electron chi connectivity index (χ3n) is 1.55. The first-order valence-corrected chi connectivity index (χ1v) is 4.39. The Bertz CT molecular complexity index is 360. The Hall–Kier alpha value is -1.35. The van der Waals surface area contributed by atoms with Gasteiger partial charge >= 0.3 is 5.97 Å². The van der Waals surface area contributed by atoms with Crippen LogP contribution in [0.25, 0.3) is 0 Å². The van der Waals surface area contributed by atoms with E-state index in [0.29, 0.717) is 10.6 Å². The Labute approximate surface area is 86.6 Å². The number of carbonyl (C=O) groups is 2. The van der Waals surface area contributed by atoms with Crippen LogP contribution in [0, 0.1) is 0 Å². The van der Waals surface area contributed by atoms with Crippen molar-refractivity contribution >= 4 is 23.4 Å². The maximum absolute atomic E-state index is 11.4. The lowest BCUT2D eigenvalue weighted by atomic mass is 10.1. The molecule has 14 heavy (non-hydrogen) atoms. The van der Waals surface area contributed by atoms with Crippen LogP contribution < -0.4 is 0 Å². The van der Waals surface area contributed by atoms with E-state index in [-0.39, 0.29) is 12.4 Å². The molecule has 0 aliphatic carbocycles. The molecule has 0 aliphatic heterocycles. The summed E-state index contributed by atoms with van der Waals surface area (Å²) in [7, 11) is 0. The van der Waals surface area contributed by atoms with Crippen LogP contribution in [-0.2, 0) is 9.53 Å². The Balaban J connectivity index is 2.65. The molecular formula is C10H9ClO3. The van der Waals surface area contributed by atoms with Crippen LogP contribution in [-0.4, -0.2) is 18.4 Å². The van der Waals surface area contributed by atoms with Crippen molar-refractivity contribution in [2.45, 2.75) is 6.92 Å². The van der Waals surface area contributed by atoms with Crippen molar-refractivity contribution in [3.8, 4) is 0 Å². The number of benzene rings is 1. The van der Waals surface area contributed by atoms with Gasteiger partial charge in [-0.3, -0.25) is 9.59 Å². The van der Waals surface area contributed by atoms with E-state index in [1.807, 2.05) is 0 Å². The Morgan fingerprint density at radius 3 is 2.71 bits per heavy atom. The highest BCUT2D eigenvalue weighted by molar-refractivity contribution is 6.31. The zero-order valence-electron chi connectivity index (χ0n) is 7.62. The molecule has 0 aliphatic rings. The minimum atomic E-state index is -0.472. The summed E-state index contributed by atoms with van der Waals surface area (Å²) in [6, 6.07) is 6.50. The summed E-state index contributed by atoms with van der Waals surface area (Å²) in [6.45, 7) is 1.01. The summed E-state index contributed by atoms with van der Waals surface area (Å²) < 4.78 is 4.57. The SMILES string of the molecule is CC(=O)OCC(=O)c1cccc(Cl)c1. The van der Waals surface area contributed by atoms with Gasteiger partial charge in [-0.05, 0) is 12.1 Å². The zero-order chi connectivity index (χ0) is 10.6. The summed E-state index contributed by atoms with van der Waals surface area (Å²) in [5.74, 6) is -0.733. The largest absolute Gasteiger partial charge is 0.457 e. The second kappa shape index (κ2) is 4.77. The van der Waals surface area contributed by atoms with E-state index in [1.54, 1.807) is 18.2 Å². The molecule has 0 radical (unpaired) electrons. The summed E-state index contributed by atoms with van der Waals surface area (Å²) in [6.07, 6.45) is 0. The number of ether oxygens (including phenoxy) is 1. The van der Waals surface area contributed by atoms with Gasteiger partial charge in [0.25, 0.3) is 0 Å². The fourth-order valence-electron chi connectivity index (χ4n) is 0.912. The number of hydrogen-bond donors (Lipinski definition) is 0. The molecule has 0 heterocycles. The Morgan fingerprint density at radius 1 is 1.43 bits per heavy atom. The molecule has 0 amide bonds. The first-order valence-electron chi connectivity index (χ1n) is 4.01. The maximum atomic E-state index is 11.4. The lowest BCUT2D eigenvalue weighted by Crippen LogP contribution is -2.11. The van der Waals surface area contributed by atoms with Crippen LogP contribution >= 0.6 is 11.6 Å². The summed E-state index contributed by atoms with van der Waals surface area (Å²) >= 11 is 5.69. The van der Waals surface area contributed by atoms with E-state index >= 15 is 0 Å². The van der Waals surface area contributed by atoms with E-state index < -0.39 is 5.97 Å². The Kier molecular flexibility index (Phi) is 3.65. The summed E-state index contributed by atoms with van der Waals surface area (Å²) in [4.78, 5) is 21.8. The first-order chi connectivity index (χ1) is 6.59. The Morgan fingerprint density at radius 2 is 2.14 bits per heavy atom. The molecule has 4 heteroatoms. The van der Waals surface area contributed by atoms with Crippen LogP contribution in [0.15, 0.2) is 24.3 Å². The van der Waals surface area contributed by atoms with Gasteiger partial charge in [0, 0.05) is 17.5 Å². The molecule has 1 aromatic rings. The van der Waals surface area contributed by atoms with Crippen molar-refractivity contribution < 1.29 is 14.3 Å². The highest BCUT2D eigenvalue weighted by atomic mass is 35.5. The van der Waals surface area contributed by atoms with Gasteiger partial charge in [0.1, 0.15) is 0 Å². The third-order valence-corrected chi connectivity index (χ3v) is 1.79. The average molecular weight is 213 g/mol. The molecule has 0 N–H and O–H groups in total. The quantitative estimate of drug-likeness (QED) is 0.569. The molecule has 0 atom stereocenters. The van der Waals surface area contributed by atoms with Gasteiger partial charge in [0.2, 0.25) is 0 Å². The molecule has 0 bridgehead atoms. The van der Waals surface area contributed by atoms with E-state index in [4.69, 9.17) is 11.6 Å². The van der Waals surface area contributed by atoms with Crippen molar-refractivity contribution in [1.29, 1.82) is 0 Å². The van der Waals surface area contributed by atoms with Gasteiger partial charge in [-0.25, -0.2) is 0 Å². The number of carbonyl (C=O) groups excluding carboxylic acids is 2. The molecule has 74 valence electrons. The minimum absolute atomic E-state index is 0.240. The van der Waals surface area contributed by atoms with Gasteiger partial charge in [-0.1, -0.05) is 23.7 Å². The molecule has 1 aromatic carbocycles. The molecule has 0 saturated heterocycles. The fraction of sp³-hybridized carbons (Fsp3) is 0.200. The van der Waals surface area contributed by atoms with Crippen molar-refractivity contribution in [1.82, 2.24) is 0 Å². The molecule has 0 aromatic heterocycles. The van der Waals surface area contributed by atoms with E-state index in [0.717, 1.165) is 0 Å². The number of halogens is 1. The van der Waals surface area contributed by atoms with E-state index in [2.05, 4.69) is 4.74 Å². The number of esters is 1. The van der Waals surface area contributed by atoms with Crippen molar-refractivity contribution in [3.05, 3.63) is 34.9 Å². The van der Waals surface area contributed by atoms with Gasteiger partial charge in [-0.15, -0.1) is 0 Å². The molecule has 0 unspecified atom stereocenters. The maximum Gasteiger partial charge on any atom is 0.303 e. The van der Waals surface area contributed by atoms with Crippen LogP contribution in [0.1, 0.15) is 17.3 Å². The molecular weight excluding hydrogens is 204 g/mol. The molecule has 0 saturated carbocycles. The highest BCUT2D eigenvalue weighted by Gasteiger charge is 2.07. The lowest BCUT2D eigenvalue weighted by molar-refractivity contribution is -0.139. The third kappa shape index (κ3) is 3.18. The second-order valence-corrected chi connectivity index (χ2v) is 3.15. The van der Waals surface area contributed by atoms with Crippen molar-refractivity contribution in [2.75, 3.05) is 6.61 Å². The molecule has 1 rings (SSSR count). The fourth-order valence-corrected chi connectivity index (χ4v) is 1.10. The monoisotopic (exact) mass is 212 g/mol. The minimum Gasteiger partial charge on any atom is -0.457 e. The smallest absolute Gasteiger partial charge is 0.303 e. The molecule has 0 spiro atoms. The van der Waals surface area contributed by atoms with Gasteiger partial charge in [0.15, 0.2) is 12.4 Å². The number of rotatable bonds is 3. The van der Waals surface area contributed by atoms with Gasteiger partial charge in [0.05, 0.1) is 0 Å². The predicted octanol–water partition coefficient (Wildman–Crippen LogP) is 2.09. The van der Waals surface area contributed by atoms with Crippen LogP contribution in [0.5, 0.6) is 0 Å². The standard InChI is InChI=1S/C10H9ClO3/c1-7(12)14-6-10(13)8-3-2-4-9(11)5-8/h2-5H,6H2,1H3. The zero-order valence-corrected chi connectivity index (χ0v) is 8.38. The predicted molar refractivity (Wildman–Crippen MR) is 52.4 cm³/mol. The average Bonchev–Trinajstić information content (AvgIpc) is 2.14. The summed E-state index contributed by atoms with van der Waals surface area (Å²) in [5.41, 5.74) is 0.443. The lowest BCUT2D eigenvalue weighted by Gasteiger charge is -2.01. The first kappa shape index (κ1) is 10.7. The highest BCUT2D eigenvalue weighted by Crippen LogP contribution is 2.11. The van der Waals surface area contributed by atoms with Crippen molar-refractivity contribution in [2.24, 2.45) is 0 Å². The van der Waals surface area contributed by atoms with Crippen LogP contribution in [0.4, 0.5) is 0 Å². The number of Topliss-reactive ketones (excluding diaryl/α,β-unsaturated/α-hetero) is 1. The van der Waals surface area contributed by atoms with Crippen molar-refractivity contribution in [3.63, 3.8) is 0 Å². The van der Waals surface area contributed by atoms with Gasteiger partial charge in [-0.2, -0.15) is 0 Å². The molecule has 0 fully saturated rings. The topological polar surface area (TPSA) is 43.4 Å². The van der Waals surface area contributed by atoms with Crippen LogP contribution in [0.3, 0.4) is 0 Å². The summed E-state index contributed by atoms with van der Waals surface area (Å²) in [5, 5.41) is 0.485. The van der Waals surface area contributed by atoms with Crippen LogP contribution in [0.2, 0.25) is 5.02 Å². The van der Waals surface area contributed by atoms with Gasteiger partial charge < -0.3 is 4.74 Å². The normalized spacial score (nSPS) is 9.57. The van der Waals surface area contributed by atoms with E-state index in [1.165, 1.54) is 13.0 Å². The number of hydrogen-bond acceptors (Lipinski definition) is 3. The second-order valence-electron chi connectivity index (χ2n) is 2.71. The molecule has 3 nitrogen and oxygen atoms in total.